The molecule has 0 atom stereocenters. The molecule has 1 aromatic carbocycles. The van der Waals surface area contributed by atoms with Crippen molar-refractivity contribution in [2.24, 2.45) is 0 Å². The van der Waals surface area contributed by atoms with Crippen LogP contribution < -0.4 is 5.32 Å². The van der Waals surface area contributed by atoms with Gasteiger partial charge in [0.15, 0.2) is 0 Å². The Bertz CT molecular complexity index is 402. The van der Waals surface area contributed by atoms with Crippen LogP contribution in [0.3, 0.4) is 0 Å². The van der Waals surface area contributed by atoms with Gasteiger partial charge >= 0.3 is 0 Å². The Morgan fingerprint density at radius 3 is 2.58 bits per heavy atom. The van der Waals surface area contributed by atoms with Crippen molar-refractivity contribution in [3.8, 4) is 0 Å². The Labute approximate surface area is 116 Å². The van der Waals surface area contributed by atoms with E-state index in [0.29, 0.717) is 13.2 Å². The van der Waals surface area contributed by atoms with Crippen molar-refractivity contribution in [1.82, 2.24) is 5.32 Å². The lowest BCUT2D eigenvalue weighted by molar-refractivity contribution is 0.0940. The second kappa shape index (κ2) is 8.70. The molecule has 19 heavy (non-hydrogen) atoms. The van der Waals surface area contributed by atoms with Crippen LogP contribution >= 0.6 is 0 Å². The van der Waals surface area contributed by atoms with E-state index in [4.69, 9.17) is 4.74 Å². The zero-order valence-electron chi connectivity index (χ0n) is 12.3. The molecule has 3 nitrogen and oxygen atoms in total. The number of carbonyl (C=O) groups is 1. The number of unbranched alkanes of at least 4 members (excludes halogenated alkanes) is 1. The molecule has 0 unspecified atom stereocenters. The van der Waals surface area contributed by atoms with Crippen molar-refractivity contribution in [1.29, 1.82) is 0 Å². The maximum Gasteiger partial charge on any atom is 0.251 e. The molecule has 0 saturated heterocycles. The second-order valence-corrected chi connectivity index (χ2v) is 4.87. The molecule has 0 aromatic heterocycles. The molecule has 0 fully saturated rings. The van der Waals surface area contributed by atoms with Crippen molar-refractivity contribution in [2.45, 2.75) is 40.0 Å². The first-order valence-electron chi connectivity index (χ1n) is 7.08. The minimum atomic E-state index is -0.00309. The zero-order chi connectivity index (χ0) is 14.1. The average molecular weight is 263 g/mol. The highest BCUT2D eigenvalue weighted by Gasteiger charge is 2.05. The fourth-order valence-corrected chi connectivity index (χ4v) is 1.71. The predicted octanol–water partition coefficient (Wildman–Crippen LogP) is 3.24. The molecular formula is C16H25NO2. The summed E-state index contributed by atoms with van der Waals surface area (Å²) in [5.41, 5.74) is 3.09. The summed E-state index contributed by atoms with van der Waals surface area (Å²) in [6.07, 6.45) is 3.12. The number of hydrogen-bond donors (Lipinski definition) is 1. The Kier molecular flexibility index (Phi) is 7.19. The van der Waals surface area contributed by atoms with Crippen LogP contribution in [-0.4, -0.2) is 25.7 Å². The van der Waals surface area contributed by atoms with Gasteiger partial charge in [-0.2, -0.15) is 0 Å². The van der Waals surface area contributed by atoms with Crippen molar-refractivity contribution in [2.75, 3.05) is 19.8 Å². The van der Waals surface area contributed by atoms with Crippen LogP contribution in [0.2, 0.25) is 0 Å². The van der Waals surface area contributed by atoms with Gasteiger partial charge in [0.2, 0.25) is 0 Å². The van der Waals surface area contributed by atoms with E-state index in [2.05, 4.69) is 12.2 Å². The summed E-state index contributed by atoms with van der Waals surface area (Å²) >= 11 is 0. The number of benzene rings is 1. The number of hydrogen-bond acceptors (Lipinski definition) is 2. The molecule has 1 amide bonds. The van der Waals surface area contributed by atoms with Crippen molar-refractivity contribution in [3.63, 3.8) is 0 Å². The Morgan fingerprint density at radius 1 is 1.16 bits per heavy atom. The van der Waals surface area contributed by atoms with Gasteiger partial charge in [-0.15, -0.1) is 0 Å². The third kappa shape index (κ3) is 5.88. The third-order valence-electron chi connectivity index (χ3n) is 3.16. The molecule has 1 N–H and O–H groups in total. The van der Waals surface area contributed by atoms with Crippen LogP contribution in [0.25, 0.3) is 0 Å². The van der Waals surface area contributed by atoms with Crippen molar-refractivity contribution in [3.05, 3.63) is 34.9 Å². The number of nitrogens with one attached hydrogen (secondary N) is 1. The zero-order valence-corrected chi connectivity index (χ0v) is 12.3. The van der Waals surface area contributed by atoms with Gasteiger partial charge < -0.3 is 10.1 Å². The van der Waals surface area contributed by atoms with E-state index >= 15 is 0 Å². The molecule has 0 radical (unpaired) electrons. The highest BCUT2D eigenvalue weighted by atomic mass is 16.5. The fraction of sp³-hybridized carbons (Fsp3) is 0.562. The van der Waals surface area contributed by atoms with Gasteiger partial charge in [0, 0.05) is 25.3 Å². The van der Waals surface area contributed by atoms with Crippen LogP contribution in [0.4, 0.5) is 0 Å². The molecule has 0 spiro atoms. The van der Waals surface area contributed by atoms with Crippen LogP contribution in [0.5, 0.6) is 0 Å². The fourth-order valence-electron chi connectivity index (χ4n) is 1.71. The maximum atomic E-state index is 11.9. The SMILES string of the molecule is CCCCOCCCNC(=O)c1ccc(C)c(C)c1. The molecular weight excluding hydrogens is 238 g/mol. The average Bonchev–Trinajstić information content (AvgIpc) is 2.40. The smallest absolute Gasteiger partial charge is 0.251 e. The Hall–Kier alpha value is -1.35. The molecule has 0 aliphatic heterocycles. The van der Waals surface area contributed by atoms with Crippen molar-refractivity contribution >= 4 is 5.91 Å². The molecule has 1 aromatic rings. The van der Waals surface area contributed by atoms with Gasteiger partial charge in [0.1, 0.15) is 0 Å². The summed E-state index contributed by atoms with van der Waals surface area (Å²) in [5, 5.41) is 2.92. The van der Waals surface area contributed by atoms with Crippen LogP contribution in [0.1, 0.15) is 47.7 Å². The molecule has 0 heterocycles. The van der Waals surface area contributed by atoms with Gasteiger partial charge in [-0.3, -0.25) is 4.79 Å². The standard InChI is InChI=1S/C16H25NO2/c1-4-5-10-19-11-6-9-17-16(18)15-8-7-13(2)14(3)12-15/h7-8,12H,4-6,9-11H2,1-3H3,(H,17,18). The van der Waals surface area contributed by atoms with Gasteiger partial charge in [-0.25, -0.2) is 0 Å². The van der Waals surface area contributed by atoms with Crippen LogP contribution in [0, 0.1) is 13.8 Å². The van der Waals surface area contributed by atoms with E-state index in [0.717, 1.165) is 37.0 Å². The third-order valence-corrected chi connectivity index (χ3v) is 3.16. The van der Waals surface area contributed by atoms with Gasteiger partial charge in [-0.05, 0) is 49.9 Å². The number of carbonyl (C=O) groups excluding carboxylic acids is 1. The van der Waals surface area contributed by atoms with Crippen LogP contribution in [-0.2, 0) is 4.74 Å². The molecule has 0 aliphatic carbocycles. The second-order valence-electron chi connectivity index (χ2n) is 4.87. The summed E-state index contributed by atoms with van der Waals surface area (Å²) in [6.45, 7) is 8.41. The number of aryl methyl sites for hydroxylation is 2. The molecule has 0 aliphatic rings. The highest BCUT2D eigenvalue weighted by Crippen LogP contribution is 2.09. The highest BCUT2D eigenvalue weighted by molar-refractivity contribution is 5.94. The van der Waals surface area contributed by atoms with Gasteiger partial charge in [-0.1, -0.05) is 19.4 Å². The minimum absolute atomic E-state index is 0.00309. The van der Waals surface area contributed by atoms with E-state index in [-0.39, 0.29) is 5.91 Å². The lowest BCUT2D eigenvalue weighted by Gasteiger charge is -2.07. The molecule has 106 valence electrons. The molecule has 0 bridgehead atoms. The minimum Gasteiger partial charge on any atom is -0.381 e. The molecule has 1 rings (SSSR count). The van der Waals surface area contributed by atoms with E-state index in [1.807, 2.05) is 32.0 Å². The number of rotatable bonds is 8. The van der Waals surface area contributed by atoms with Gasteiger partial charge in [0.25, 0.3) is 5.91 Å². The summed E-state index contributed by atoms with van der Waals surface area (Å²) in [7, 11) is 0. The first kappa shape index (κ1) is 15.7. The Balaban J connectivity index is 2.22. The van der Waals surface area contributed by atoms with Gasteiger partial charge in [0.05, 0.1) is 0 Å². The molecule has 0 saturated carbocycles. The van der Waals surface area contributed by atoms with E-state index < -0.39 is 0 Å². The first-order valence-corrected chi connectivity index (χ1v) is 7.08. The quantitative estimate of drug-likeness (QED) is 0.731. The maximum absolute atomic E-state index is 11.9. The topological polar surface area (TPSA) is 38.3 Å². The van der Waals surface area contributed by atoms with Crippen LogP contribution in [0.15, 0.2) is 18.2 Å². The monoisotopic (exact) mass is 263 g/mol. The summed E-state index contributed by atoms with van der Waals surface area (Å²) < 4.78 is 5.45. The number of ether oxygens (including phenoxy) is 1. The normalized spacial score (nSPS) is 10.5. The first-order chi connectivity index (χ1) is 9.15. The lowest BCUT2D eigenvalue weighted by atomic mass is 10.1. The predicted molar refractivity (Wildman–Crippen MR) is 78.6 cm³/mol. The largest absolute Gasteiger partial charge is 0.381 e. The molecule has 3 heteroatoms. The number of amides is 1. The van der Waals surface area contributed by atoms with E-state index in [9.17, 15) is 4.79 Å². The van der Waals surface area contributed by atoms with E-state index in [1.54, 1.807) is 0 Å². The summed E-state index contributed by atoms with van der Waals surface area (Å²) in [6, 6.07) is 5.79. The Morgan fingerprint density at radius 2 is 1.89 bits per heavy atom. The summed E-state index contributed by atoms with van der Waals surface area (Å²) in [5.74, 6) is -0.00309. The summed E-state index contributed by atoms with van der Waals surface area (Å²) in [4.78, 5) is 11.9. The lowest BCUT2D eigenvalue weighted by Crippen LogP contribution is -2.25. The van der Waals surface area contributed by atoms with E-state index in [1.165, 1.54) is 5.56 Å². The van der Waals surface area contributed by atoms with Crippen molar-refractivity contribution < 1.29 is 9.53 Å².